The minimum atomic E-state index is -0.521. The number of amides is 1. The largest absolute Gasteiger partial charge is 0.444 e. The van der Waals surface area contributed by atoms with Gasteiger partial charge in [-0.3, -0.25) is 4.79 Å². The van der Waals surface area contributed by atoms with Gasteiger partial charge in [0.2, 0.25) is 0 Å². The fourth-order valence-corrected chi connectivity index (χ4v) is 4.45. The number of piperidine rings is 2. The Morgan fingerprint density at radius 1 is 1.19 bits per heavy atom. The van der Waals surface area contributed by atoms with Gasteiger partial charge in [0, 0.05) is 23.6 Å². The van der Waals surface area contributed by atoms with Crippen LogP contribution in [0.1, 0.15) is 74.4 Å². The molecule has 2 saturated heterocycles. The van der Waals surface area contributed by atoms with Crippen LogP contribution in [0.3, 0.4) is 0 Å². The quantitative estimate of drug-likeness (QED) is 0.714. The van der Waals surface area contributed by atoms with Crippen molar-refractivity contribution in [2.24, 2.45) is 5.92 Å². The van der Waals surface area contributed by atoms with Crippen LogP contribution in [-0.4, -0.2) is 34.5 Å². The van der Waals surface area contributed by atoms with Crippen LogP contribution < -0.4 is 0 Å². The third-order valence-corrected chi connectivity index (χ3v) is 5.67. The molecular formula is C22H28N2O3. The molecule has 2 aliphatic heterocycles. The number of nitriles is 1. The monoisotopic (exact) mass is 368 g/mol. The van der Waals surface area contributed by atoms with Gasteiger partial charge in [0.05, 0.1) is 11.6 Å². The average Bonchev–Trinajstić information content (AvgIpc) is 2.58. The number of rotatable bonds is 2. The lowest BCUT2D eigenvalue weighted by Crippen LogP contribution is -2.56. The van der Waals surface area contributed by atoms with Crippen LogP contribution in [0.15, 0.2) is 18.2 Å². The van der Waals surface area contributed by atoms with Crippen LogP contribution in [0.25, 0.3) is 0 Å². The summed E-state index contributed by atoms with van der Waals surface area (Å²) in [5, 5.41) is 9.24. The summed E-state index contributed by atoms with van der Waals surface area (Å²) in [5.41, 5.74) is 1.42. The number of carbonyl (C=O) groups is 2. The maximum absolute atomic E-state index is 13.2. The first-order valence-electron chi connectivity index (χ1n) is 9.76. The summed E-state index contributed by atoms with van der Waals surface area (Å²) in [4.78, 5) is 27.8. The number of Topliss-reactive ketones (excluding diaryl/α,β-unsaturated/α-hetero) is 1. The van der Waals surface area contributed by atoms with Gasteiger partial charge in [0.15, 0.2) is 5.78 Å². The minimum absolute atomic E-state index is 0.0563. The predicted octanol–water partition coefficient (Wildman–Crippen LogP) is 4.62. The predicted molar refractivity (Wildman–Crippen MR) is 102 cm³/mol. The van der Waals surface area contributed by atoms with Gasteiger partial charge in [-0.05, 0) is 71.4 Å². The van der Waals surface area contributed by atoms with Gasteiger partial charge in [-0.1, -0.05) is 12.1 Å². The number of ether oxygens (including phenoxy) is 1. The third-order valence-electron chi connectivity index (χ3n) is 5.67. The lowest BCUT2D eigenvalue weighted by Gasteiger charge is -2.48. The Kier molecular flexibility index (Phi) is 5.28. The van der Waals surface area contributed by atoms with Gasteiger partial charge in [-0.2, -0.15) is 5.26 Å². The van der Waals surface area contributed by atoms with E-state index in [1.807, 2.05) is 38.7 Å². The van der Waals surface area contributed by atoms with E-state index in [1.54, 1.807) is 12.1 Å². The molecule has 0 aliphatic carbocycles. The van der Waals surface area contributed by atoms with E-state index in [9.17, 15) is 14.9 Å². The number of benzene rings is 1. The molecule has 2 unspecified atom stereocenters. The normalized spacial score (nSPS) is 24.9. The fraction of sp³-hybridized carbons (Fsp3) is 0.591. The van der Waals surface area contributed by atoms with E-state index in [0.717, 1.165) is 24.8 Å². The van der Waals surface area contributed by atoms with Gasteiger partial charge in [-0.15, -0.1) is 0 Å². The molecule has 1 aromatic carbocycles. The van der Waals surface area contributed by atoms with E-state index >= 15 is 0 Å². The molecule has 0 aromatic heterocycles. The van der Waals surface area contributed by atoms with Gasteiger partial charge in [-0.25, -0.2) is 4.79 Å². The van der Waals surface area contributed by atoms with E-state index < -0.39 is 5.60 Å². The minimum Gasteiger partial charge on any atom is -0.444 e. The van der Waals surface area contributed by atoms with Crippen molar-refractivity contribution in [2.75, 3.05) is 0 Å². The molecule has 5 heteroatoms. The van der Waals surface area contributed by atoms with E-state index in [2.05, 4.69) is 6.07 Å². The van der Waals surface area contributed by atoms with Crippen LogP contribution in [0.2, 0.25) is 0 Å². The number of ketones is 1. The summed E-state index contributed by atoms with van der Waals surface area (Å²) in [7, 11) is 0. The average molecular weight is 368 g/mol. The number of nitrogens with zero attached hydrogens (tertiary/aromatic N) is 2. The van der Waals surface area contributed by atoms with Crippen LogP contribution in [0, 0.1) is 24.2 Å². The van der Waals surface area contributed by atoms with E-state index in [0.29, 0.717) is 24.0 Å². The van der Waals surface area contributed by atoms with E-state index in [1.165, 1.54) is 0 Å². The van der Waals surface area contributed by atoms with E-state index in [-0.39, 0.29) is 29.9 Å². The van der Waals surface area contributed by atoms with Gasteiger partial charge < -0.3 is 9.64 Å². The third kappa shape index (κ3) is 4.00. The molecule has 2 aliphatic rings. The molecule has 0 radical (unpaired) electrons. The molecule has 2 fully saturated rings. The number of hydrogen-bond acceptors (Lipinski definition) is 4. The highest BCUT2D eigenvalue weighted by Crippen LogP contribution is 2.39. The molecule has 0 N–H and O–H groups in total. The zero-order valence-electron chi connectivity index (χ0n) is 16.6. The number of fused-ring (bicyclic) bond motifs is 2. The Bertz CT molecular complexity index is 774. The highest BCUT2D eigenvalue weighted by molar-refractivity contribution is 5.99. The Balaban J connectivity index is 1.80. The van der Waals surface area contributed by atoms with Crippen molar-refractivity contribution in [3.63, 3.8) is 0 Å². The standard InChI is InChI=1S/C22H28N2O3/c1-14-15(13-23)7-5-10-19(14)20(25)16-11-17-8-6-9-18(12-16)24(17)21(26)27-22(2,3)4/h5,7,10,16-18H,6,8-9,11-12H2,1-4H3. The fourth-order valence-electron chi connectivity index (χ4n) is 4.45. The van der Waals surface area contributed by atoms with Crippen molar-refractivity contribution < 1.29 is 14.3 Å². The summed E-state index contributed by atoms with van der Waals surface area (Å²) in [6.07, 6.45) is 3.99. The van der Waals surface area contributed by atoms with Crippen molar-refractivity contribution >= 4 is 11.9 Å². The zero-order chi connectivity index (χ0) is 19.8. The Hall–Kier alpha value is -2.35. The highest BCUT2D eigenvalue weighted by atomic mass is 16.6. The lowest BCUT2D eigenvalue weighted by molar-refractivity contribution is -0.0260. The molecule has 2 heterocycles. The van der Waals surface area contributed by atoms with Crippen molar-refractivity contribution in [3.05, 3.63) is 34.9 Å². The molecule has 27 heavy (non-hydrogen) atoms. The van der Waals surface area contributed by atoms with Crippen molar-refractivity contribution in [3.8, 4) is 6.07 Å². The van der Waals surface area contributed by atoms with Crippen molar-refractivity contribution in [2.45, 2.75) is 77.5 Å². The maximum atomic E-state index is 13.2. The van der Waals surface area contributed by atoms with Gasteiger partial charge in [0.1, 0.15) is 5.60 Å². The van der Waals surface area contributed by atoms with Gasteiger partial charge >= 0.3 is 6.09 Å². The van der Waals surface area contributed by atoms with E-state index in [4.69, 9.17) is 4.74 Å². The van der Waals surface area contributed by atoms with Crippen molar-refractivity contribution in [1.82, 2.24) is 4.90 Å². The first kappa shape index (κ1) is 19.4. The molecule has 1 amide bonds. The van der Waals surface area contributed by atoms with Gasteiger partial charge in [0.25, 0.3) is 0 Å². The van der Waals surface area contributed by atoms with Crippen LogP contribution in [-0.2, 0) is 4.74 Å². The smallest absolute Gasteiger partial charge is 0.410 e. The molecule has 144 valence electrons. The number of carbonyl (C=O) groups excluding carboxylic acids is 2. The SMILES string of the molecule is Cc1c(C#N)cccc1C(=O)C1CC2CCCC(C1)N2C(=O)OC(C)(C)C. The summed E-state index contributed by atoms with van der Waals surface area (Å²) in [6, 6.07) is 7.60. The van der Waals surface area contributed by atoms with Crippen molar-refractivity contribution in [1.29, 1.82) is 5.26 Å². The summed E-state index contributed by atoms with van der Waals surface area (Å²) in [5.74, 6) is -0.00281. The topological polar surface area (TPSA) is 70.4 Å². The Morgan fingerprint density at radius 3 is 2.37 bits per heavy atom. The molecule has 3 rings (SSSR count). The second kappa shape index (κ2) is 7.34. The highest BCUT2D eigenvalue weighted by Gasteiger charge is 2.44. The molecule has 2 atom stereocenters. The molecule has 5 nitrogen and oxygen atoms in total. The first-order valence-corrected chi connectivity index (χ1v) is 9.76. The molecular weight excluding hydrogens is 340 g/mol. The second-order valence-electron chi connectivity index (χ2n) is 8.75. The molecule has 0 saturated carbocycles. The second-order valence-corrected chi connectivity index (χ2v) is 8.75. The van der Waals surface area contributed by atoms with Crippen LogP contribution in [0.5, 0.6) is 0 Å². The molecule has 2 bridgehead atoms. The van der Waals surface area contributed by atoms with Crippen LogP contribution in [0.4, 0.5) is 4.79 Å². The molecule has 0 spiro atoms. The number of hydrogen-bond donors (Lipinski definition) is 0. The lowest BCUT2D eigenvalue weighted by atomic mass is 9.75. The zero-order valence-corrected chi connectivity index (χ0v) is 16.6. The Labute approximate surface area is 161 Å². The maximum Gasteiger partial charge on any atom is 0.410 e. The Morgan fingerprint density at radius 2 is 1.81 bits per heavy atom. The first-order chi connectivity index (χ1) is 12.7. The van der Waals surface area contributed by atoms with Crippen LogP contribution >= 0.6 is 0 Å². The summed E-state index contributed by atoms with van der Waals surface area (Å²) < 4.78 is 5.61. The summed E-state index contributed by atoms with van der Waals surface area (Å²) >= 11 is 0. The molecule has 1 aromatic rings. The summed E-state index contributed by atoms with van der Waals surface area (Å²) in [6.45, 7) is 7.47.